The van der Waals surface area contributed by atoms with Crippen LogP contribution in [0.25, 0.3) is 0 Å². The van der Waals surface area contributed by atoms with Gasteiger partial charge in [0.2, 0.25) is 5.91 Å². The lowest BCUT2D eigenvalue weighted by Gasteiger charge is -2.14. The van der Waals surface area contributed by atoms with E-state index in [4.69, 9.17) is 5.11 Å². The van der Waals surface area contributed by atoms with Crippen LogP contribution in [0.4, 0.5) is 0 Å². The zero-order valence-electron chi connectivity index (χ0n) is 7.62. The molecule has 0 aliphatic carbocycles. The van der Waals surface area contributed by atoms with Gasteiger partial charge in [0.15, 0.2) is 0 Å². The summed E-state index contributed by atoms with van der Waals surface area (Å²) >= 11 is 0. The van der Waals surface area contributed by atoms with Crippen molar-refractivity contribution in [1.29, 1.82) is 0 Å². The van der Waals surface area contributed by atoms with Crippen LogP contribution < -0.4 is 0 Å². The molecule has 0 unspecified atom stereocenters. The number of carbonyl (C=O) groups is 1. The summed E-state index contributed by atoms with van der Waals surface area (Å²) in [5.41, 5.74) is 0. The maximum absolute atomic E-state index is 11.2. The fraction of sp³-hybridized carbons (Fsp3) is 0.667. The summed E-state index contributed by atoms with van der Waals surface area (Å²) in [5, 5.41) is 8.48. The minimum atomic E-state index is 0.114. The number of likely N-dealkylation sites (N-methyl/N-ethyl adjacent to an activating group) is 1. The number of amides is 1. The first-order valence-corrected chi connectivity index (χ1v) is 4.18. The fourth-order valence-electron chi connectivity index (χ4n) is 0.874. The zero-order chi connectivity index (χ0) is 9.40. The van der Waals surface area contributed by atoms with Crippen molar-refractivity contribution in [2.45, 2.75) is 19.3 Å². The van der Waals surface area contributed by atoms with E-state index in [9.17, 15) is 4.79 Å². The molecule has 3 nitrogen and oxygen atoms in total. The molecule has 0 aromatic heterocycles. The summed E-state index contributed by atoms with van der Waals surface area (Å²) in [6, 6.07) is 0. The number of rotatable bonds is 6. The number of hydrogen-bond acceptors (Lipinski definition) is 2. The lowest BCUT2D eigenvalue weighted by atomic mass is 10.2. The van der Waals surface area contributed by atoms with Crippen molar-refractivity contribution in [3.8, 4) is 0 Å². The molecule has 0 bridgehead atoms. The summed E-state index contributed by atoms with van der Waals surface area (Å²) in [6.07, 6.45) is 3.68. The molecule has 0 saturated heterocycles. The van der Waals surface area contributed by atoms with Crippen LogP contribution in [-0.4, -0.2) is 36.1 Å². The predicted octanol–water partition coefficient (Wildman–Crippen LogP) is 0.793. The number of carbonyl (C=O) groups excluding carboxylic acids is 1. The van der Waals surface area contributed by atoms with E-state index in [1.165, 1.54) is 0 Å². The Bertz CT molecular complexity index is 145. The summed E-state index contributed by atoms with van der Waals surface area (Å²) < 4.78 is 0. The molecule has 1 N–H and O–H groups in total. The van der Waals surface area contributed by atoms with Gasteiger partial charge >= 0.3 is 0 Å². The molecule has 0 aromatic carbocycles. The maximum atomic E-state index is 11.2. The largest absolute Gasteiger partial charge is 0.396 e. The molecule has 0 radical (unpaired) electrons. The van der Waals surface area contributed by atoms with Crippen LogP contribution in [0.5, 0.6) is 0 Å². The highest BCUT2D eigenvalue weighted by atomic mass is 16.2. The Balaban J connectivity index is 3.49. The average Bonchev–Trinajstić information content (AvgIpc) is 2.05. The lowest BCUT2D eigenvalue weighted by Crippen LogP contribution is -2.26. The Morgan fingerprint density at radius 3 is 2.75 bits per heavy atom. The monoisotopic (exact) mass is 171 g/mol. The highest BCUT2D eigenvalue weighted by Crippen LogP contribution is 1.98. The molecular weight excluding hydrogens is 154 g/mol. The van der Waals surface area contributed by atoms with Gasteiger partial charge in [-0.15, -0.1) is 6.58 Å². The van der Waals surface area contributed by atoms with Crippen LogP contribution >= 0.6 is 0 Å². The van der Waals surface area contributed by atoms with E-state index in [0.717, 1.165) is 6.42 Å². The Morgan fingerprint density at radius 2 is 2.25 bits per heavy atom. The fourth-order valence-corrected chi connectivity index (χ4v) is 0.874. The molecule has 0 aliphatic rings. The summed E-state index contributed by atoms with van der Waals surface area (Å²) in [5.74, 6) is 0.114. The van der Waals surface area contributed by atoms with Gasteiger partial charge in [0.25, 0.3) is 0 Å². The molecule has 0 spiro atoms. The number of unbranched alkanes of at least 4 members (excludes halogenated alkanes) is 1. The van der Waals surface area contributed by atoms with E-state index in [0.29, 0.717) is 19.4 Å². The minimum absolute atomic E-state index is 0.114. The van der Waals surface area contributed by atoms with Gasteiger partial charge in [0.1, 0.15) is 0 Å². The van der Waals surface area contributed by atoms with Crippen molar-refractivity contribution in [2.75, 3.05) is 20.2 Å². The van der Waals surface area contributed by atoms with Crippen molar-refractivity contribution in [3.63, 3.8) is 0 Å². The second-order valence-corrected chi connectivity index (χ2v) is 2.74. The van der Waals surface area contributed by atoms with Crippen LogP contribution in [0.1, 0.15) is 19.3 Å². The highest BCUT2D eigenvalue weighted by molar-refractivity contribution is 5.75. The third-order valence-electron chi connectivity index (χ3n) is 1.63. The molecule has 0 rings (SSSR count). The molecular formula is C9H17NO2. The van der Waals surface area contributed by atoms with E-state index in [-0.39, 0.29) is 12.5 Å². The van der Waals surface area contributed by atoms with Crippen LogP contribution in [-0.2, 0) is 4.79 Å². The van der Waals surface area contributed by atoms with Crippen molar-refractivity contribution in [2.24, 2.45) is 0 Å². The van der Waals surface area contributed by atoms with Gasteiger partial charge in [-0.05, 0) is 12.8 Å². The second kappa shape index (κ2) is 6.85. The molecule has 0 heterocycles. The van der Waals surface area contributed by atoms with Crippen LogP contribution in [0.3, 0.4) is 0 Å². The number of aliphatic hydroxyl groups excluding tert-OH is 1. The predicted molar refractivity (Wildman–Crippen MR) is 48.8 cm³/mol. The van der Waals surface area contributed by atoms with Crippen molar-refractivity contribution < 1.29 is 9.90 Å². The van der Waals surface area contributed by atoms with Gasteiger partial charge in [-0.1, -0.05) is 6.08 Å². The molecule has 12 heavy (non-hydrogen) atoms. The maximum Gasteiger partial charge on any atom is 0.222 e. The third kappa shape index (κ3) is 4.91. The van der Waals surface area contributed by atoms with E-state index in [1.807, 2.05) is 0 Å². The van der Waals surface area contributed by atoms with Crippen molar-refractivity contribution in [3.05, 3.63) is 12.7 Å². The Hall–Kier alpha value is -0.830. The van der Waals surface area contributed by atoms with E-state index in [1.54, 1.807) is 18.0 Å². The molecule has 0 aromatic rings. The highest BCUT2D eigenvalue weighted by Gasteiger charge is 2.05. The molecule has 0 atom stereocenters. The molecule has 0 aliphatic heterocycles. The van der Waals surface area contributed by atoms with Crippen LogP contribution in [0.15, 0.2) is 12.7 Å². The number of nitrogens with zero attached hydrogens (tertiary/aromatic N) is 1. The zero-order valence-corrected chi connectivity index (χ0v) is 7.62. The number of aliphatic hydroxyl groups is 1. The van der Waals surface area contributed by atoms with Gasteiger partial charge in [-0.25, -0.2) is 0 Å². The van der Waals surface area contributed by atoms with E-state index in [2.05, 4.69) is 6.58 Å². The molecule has 1 amide bonds. The van der Waals surface area contributed by atoms with Gasteiger partial charge in [0, 0.05) is 26.6 Å². The van der Waals surface area contributed by atoms with Gasteiger partial charge < -0.3 is 10.0 Å². The van der Waals surface area contributed by atoms with Crippen LogP contribution in [0.2, 0.25) is 0 Å². The molecule has 3 heteroatoms. The second-order valence-electron chi connectivity index (χ2n) is 2.74. The van der Waals surface area contributed by atoms with Gasteiger partial charge in [0.05, 0.1) is 0 Å². The Labute approximate surface area is 73.7 Å². The molecule has 70 valence electrons. The van der Waals surface area contributed by atoms with Gasteiger partial charge in [-0.3, -0.25) is 4.79 Å². The quantitative estimate of drug-likeness (QED) is 0.474. The van der Waals surface area contributed by atoms with E-state index < -0.39 is 0 Å². The molecule has 0 saturated carbocycles. The Morgan fingerprint density at radius 1 is 1.58 bits per heavy atom. The van der Waals surface area contributed by atoms with E-state index >= 15 is 0 Å². The number of hydrogen-bond donors (Lipinski definition) is 1. The SMILES string of the molecule is C=CCN(C)C(=O)CCCCO. The lowest BCUT2D eigenvalue weighted by molar-refractivity contribution is -0.129. The van der Waals surface area contributed by atoms with Crippen molar-refractivity contribution in [1.82, 2.24) is 4.90 Å². The summed E-state index contributed by atoms with van der Waals surface area (Å²) in [6.45, 7) is 4.31. The topological polar surface area (TPSA) is 40.5 Å². The first kappa shape index (κ1) is 11.2. The first-order chi connectivity index (χ1) is 5.72. The Kier molecular flexibility index (Phi) is 6.38. The summed E-state index contributed by atoms with van der Waals surface area (Å²) in [4.78, 5) is 12.8. The summed E-state index contributed by atoms with van der Waals surface area (Å²) in [7, 11) is 1.75. The smallest absolute Gasteiger partial charge is 0.222 e. The molecule has 0 fully saturated rings. The van der Waals surface area contributed by atoms with Crippen LogP contribution in [0, 0.1) is 0 Å². The van der Waals surface area contributed by atoms with Gasteiger partial charge in [-0.2, -0.15) is 0 Å². The average molecular weight is 171 g/mol. The van der Waals surface area contributed by atoms with Crippen molar-refractivity contribution >= 4 is 5.91 Å². The minimum Gasteiger partial charge on any atom is -0.396 e. The normalized spacial score (nSPS) is 9.50. The third-order valence-corrected chi connectivity index (χ3v) is 1.63. The standard InChI is InChI=1S/C9H17NO2/c1-3-7-10(2)9(12)6-4-5-8-11/h3,11H,1,4-8H2,2H3. The first-order valence-electron chi connectivity index (χ1n) is 4.18.